The molecular weight excluding hydrogens is 367 g/mol. The molecule has 2 aromatic carbocycles. The number of nitrogens with zero attached hydrogens (tertiary/aromatic N) is 1. The Morgan fingerprint density at radius 3 is 2.70 bits per heavy atom. The Kier molecular flexibility index (Phi) is 4.69. The Labute approximate surface area is 160 Å². The van der Waals surface area contributed by atoms with Crippen molar-refractivity contribution < 1.29 is 13.6 Å². The molecule has 4 aromatic rings. The summed E-state index contributed by atoms with van der Waals surface area (Å²) in [6.45, 7) is 0.715. The normalized spacial score (nSPS) is 11.0. The summed E-state index contributed by atoms with van der Waals surface area (Å²) in [4.78, 5) is 12.8. The van der Waals surface area contributed by atoms with E-state index in [1.807, 2.05) is 22.8 Å². The Morgan fingerprint density at radius 1 is 1.07 bits per heavy atom. The number of hydrogen-bond acceptors (Lipinski definition) is 2. The van der Waals surface area contributed by atoms with Crippen LogP contribution in [0.3, 0.4) is 0 Å². The number of rotatable bonds is 5. The Morgan fingerprint density at radius 2 is 1.89 bits per heavy atom. The fourth-order valence-electron chi connectivity index (χ4n) is 3.07. The molecule has 0 aliphatic rings. The SMILES string of the molecule is O=C(NCc1cccc(Cl)c1)c1cc2occc2n1Cc1cccc(F)c1. The lowest BCUT2D eigenvalue weighted by atomic mass is 10.2. The molecule has 0 saturated carbocycles. The van der Waals surface area contributed by atoms with Gasteiger partial charge in [0, 0.05) is 30.2 Å². The Balaban J connectivity index is 1.61. The summed E-state index contributed by atoms with van der Waals surface area (Å²) >= 11 is 5.98. The minimum atomic E-state index is -0.310. The number of nitrogens with one attached hydrogen (secondary N) is 1. The summed E-state index contributed by atoms with van der Waals surface area (Å²) in [6.07, 6.45) is 1.57. The van der Waals surface area contributed by atoms with E-state index in [1.165, 1.54) is 12.1 Å². The van der Waals surface area contributed by atoms with Gasteiger partial charge in [0.25, 0.3) is 5.91 Å². The average molecular weight is 383 g/mol. The maximum absolute atomic E-state index is 13.5. The van der Waals surface area contributed by atoms with Gasteiger partial charge in [-0.3, -0.25) is 4.79 Å². The van der Waals surface area contributed by atoms with Crippen molar-refractivity contribution in [1.82, 2.24) is 9.88 Å². The van der Waals surface area contributed by atoms with E-state index < -0.39 is 0 Å². The van der Waals surface area contributed by atoms with Gasteiger partial charge in [-0.15, -0.1) is 0 Å². The van der Waals surface area contributed by atoms with Crippen LogP contribution in [0.4, 0.5) is 4.39 Å². The summed E-state index contributed by atoms with van der Waals surface area (Å²) in [5.41, 5.74) is 3.52. The van der Waals surface area contributed by atoms with Gasteiger partial charge in [0.2, 0.25) is 0 Å². The number of fused-ring (bicyclic) bond motifs is 1. The zero-order chi connectivity index (χ0) is 18.8. The van der Waals surface area contributed by atoms with E-state index in [0.717, 1.165) is 16.6 Å². The summed E-state index contributed by atoms with van der Waals surface area (Å²) in [6, 6.07) is 17.1. The van der Waals surface area contributed by atoms with Crippen molar-refractivity contribution in [2.45, 2.75) is 13.1 Å². The van der Waals surface area contributed by atoms with Gasteiger partial charge in [-0.25, -0.2) is 4.39 Å². The number of hydrogen-bond donors (Lipinski definition) is 1. The fraction of sp³-hybridized carbons (Fsp3) is 0.0952. The standard InChI is InChI=1S/C21H16ClFN2O2/c22-16-5-1-3-14(9-16)12-24-21(26)19-11-20-18(7-8-27-20)25(19)13-15-4-2-6-17(23)10-15/h1-11H,12-13H2,(H,24,26). The number of carbonyl (C=O) groups excluding carboxylic acids is 1. The molecule has 0 aliphatic heterocycles. The zero-order valence-corrected chi connectivity index (χ0v) is 15.0. The molecule has 4 rings (SSSR count). The van der Waals surface area contributed by atoms with Crippen molar-refractivity contribution in [2.24, 2.45) is 0 Å². The second-order valence-corrected chi connectivity index (χ2v) is 6.66. The van der Waals surface area contributed by atoms with Crippen LogP contribution in [-0.4, -0.2) is 10.5 Å². The van der Waals surface area contributed by atoms with Crippen molar-refractivity contribution >= 4 is 28.6 Å². The van der Waals surface area contributed by atoms with Crippen LogP contribution in [0.1, 0.15) is 21.6 Å². The van der Waals surface area contributed by atoms with Crippen molar-refractivity contribution in [3.63, 3.8) is 0 Å². The van der Waals surface area contributed by atoms with Crippen molar-refractivity contribution in [1.29, 1.82) is 0 Å². The monoisotopic (exact) mass is 382 g/mol. The predicted octanol–water partition coefficient (Wildman–Crippen LogP) is 5.01. The number of amides is 1. The van der Waals surface area contributed by atoms with Crippen LogP contribution in [0.2, 0.25) is 5.02 Å². The van der Waals surface area contributed by atoms with Crippen LogP contribution in [0.25, 0.3) is 11.1 Å². The molecule has 0 spiro atoms. The van der Waals surface area contributed by atoms with Crippen LogP contribution in [0.15, 0.2) is 71.3 Å². The first-order chi connectivity index (χ1) is 13.1. The molecule has 136 valence electrons. The minimum Gasteiger partial charge on any atom is -0.463 e. The van der Waals surface area contributed by atoms with Crippen LogP contribution in [0, 0.1) is 5.82 Å². The molecule has 1 N–H and O–H groups in total. The Bertz CT molecular complexity index is 1120. The van der Waals surface area contributed by atoms with Crippen LogP contribution in [-0.2, 0) is 13.1 Å². The third-order valence-electron chi connectivity index (χ3n) is 4.33. The highest BCUT2D eigenvalue weighted by molar-refractivity contribution is 6.30. The number of furan rings is 1. The first-order valence-corrected chi connectivity index (χ1v) is 8.82. The molecule has 0 bridgehead atoms. The molecular formula is C21H16ClFN2O2. The van der Waals surface area contributed by atoms with Crippen LogP contribution in [0.5, 0.6) is 0 Å². The molecule has 0 unspecified atom stereocenters. The molecule has 0 aliphatic carbocycles. The summed E-state index contributed by atoms with van der Waals surface area (Å²) in [5.74, 6) is -0.548. The van der Waals surface area contributed by atoms with Crippen molar-refractivity contribution in [3.8, 4) is 0 Å². The van der Waals surface area contributed by atoms with Gasteiger partial charge in [0.1, 0.15) is 11.5 Å². The molecule has 2 aromatic heterocycles. The zero-order valence-electron chi connectivity index (χ0n) is 14.3. The van der Waals surface area contributed by atoms with Gasteiger partial charge in [-0.2, -0.15) is 0 Å². The molecule has 4 nitrogen and oxygen atoms in total. The summed E-state index contributed by atoms with van der Waals surface area (Å²) < 4.78 is 20.8. The van der Waals surface area contributed by atoms with Crippen LogP contribution >= 0.6 is 11.6 Å². The lowest BCUT2D eigenvalue weighted by Crippen LogP contribution is -2.25. The quantitative estimate of drug-likeness (QED) is 0.527. The third kappa shape index (κ3) is 3.73. The van der Waals surface area contributed by atoms with Crippen molar-refractivity contribution in [3.05, 3.63) is 94.6 Å². The van der Waals surface area contributed by atoms with E-state index in [-0.39, 0.29) is 11.7 Å². The van der Waals surface area contributed by atoms with Gasteiger partial charge in [0.15, 0.2) is 5.58 Å². The molecule has 0 fully saturated rings. The third-order valence-corrected chi connectivity index (χ3v) is 4.56. The maximum atomic E-state index is 13.5. The molecule has 6 heteroatoms. The smallest absolute Gasteiger partial charge is 0.268 e. The maximum Gasteiger partial charge on any atom is 0.268 e. The number of halogens is 2. The van der Waals surface area contributed by atoms with E-state index in [9.17, 15) is 9.18 Å². The highest BCUT2D eigenvalue weighted by atomic mass is 35.5. The van der Waals surface area contributed by atoms with Crippen molar-refractivity contribution in [2.75, 3.05) is 0 Å². The van der Waals surface area contributed by atoms with Gasteiger partial charge >= 0.3 is 0 Å². The lowest BCUT2D eigenvalue weighted by Gasteiger charge is -2.11. The van der Waals surface area contributed by atoms with Gasteiger partial charge in [0.05, 0.1) is 11.8 Å². The Hall–Kier alpha value is -3.05. The fourth-order valence-corrected chi connectivity index (χ4v) is 3.29. The number of benzene rings is 2. The molecule has 1 amide bonds. The molecule has 0 radical (unpaired) electrons. The van der Waals surface area contributed by atoms with E-state index in [0.29, 0.717) is 29.4 Å². The number of aromatic nitrogens is 1. The van der Waals surface area contributed by atoms with Gasteiger partial charge < -0.3 is 14.3 Å². The highest BCUT2D eigenvalue weighted by Gasteiger charge is 2.17. The molecule has 27 heavy (non-hydrogen) atoms. The van der Waals surface area contributed by atoms with Gasteiger partial charge in [-0.05, 0) is 35.4 Å². The van der Waals surface area contributed by atoms with E-state index in [2.05, 4.69) is 5.32 Å². The first kappa shape index (κ1) is 17.4. The summed E-state index contributed by atoms with van der Waals surface area (Å²) in [5, 5.41) is 3.52. The molecule has 2 heterocycles. The minimum absolute atomic E-state index is 0.238. The summed E-state index contributed by atoms with van der Waals surface area (Å²) in [7, 11) is 0. The average Bonchev–Trinajstić information content (AvgIpc) is 3.23. The van der Waals surface area contributed by atoms with E-state index >= 15 is 0 Å². The van der Waals surface area contributed by atoms with Gasteiger partial charge in [-0.1, -0.05) is 35.9 Å². The first-order valence-electron chi connectivity index (χ1n) is 8.44. The molecule has 0 atom stereocenters. The largest absolute Gasteiger partial charge is 0.463 e. The second kappa shape index (κ2) is 7.29. The topological polar surface area (TPSA) is 47.2 Å². The van der Waals surface area contributed by atoms with E-state index in [4.69, 9.17) is 16.0 Å². The van der Waals surface area contributed by atoms with Crippen LogP contribution < -0.4 is 5.32 Å². The number of carbonyl (C=O) groups is 1. The highest BCUT2D eigenvalue weighted by Crippen LogP contribution is 2.23. The van der Waals surface area contributed by atoms with E-state index in [1.54, 1.807) is 36.6 Å². The molecule has 0 saturated heterocycles. The lowest BCUT2D eigenvalue weighted by molar-refractivity contribution is 0.0942. The predicted molar refractivity (Wildman–Crippen MR) is 102 cm³/mol. The second-order valence-electron chi connectivity index (χ2n) is 6.23.